The number of carbonyl (C=O) groups excluding carboxylic acids is 1. The second kappa shape index (κ2) is 5.82. The van der Waals surface area contributed by atoms with Crippen molar-refractivity contribution < 1.29 is 22.7 Å². The fourth-order valence-corrected chi connectivity index (χ4v) is 1.38. The first-order chi connectivity index (χ1) is 7.87. The van der Waals surface area contributed by atoms with Crippen molar-refractivity contribution in [2.75, 3.05) is 13.2 Å². The van der Waals surface area contributed by atoms with Crippen LogP contribution in [0.15, 0.2) is 24.3 Å². The summed E-state index contributed by atoms with van der Waals surface area (Å²) in [5, 5.41) is 0. The molecule has 94 valence electrons. The van der Waals surface area contributed by atoms with Crippen molar-refractivity contribution >= 4 is 5.78 Å². The van der Waals surface area contributed by atoms with Crippen molar-refractivity contribution in [3.8, 4) is 0 Å². The molecule has 0 bridgehead atoms. The minimum Gasteiger partial charge on any atom is -0.364 e. The summed E-state index contributed by atoms with van der Waals surface area (Å²) in [4.78, 5) is 11.3. The molecule has 1 rings (SSSR count). The van der Waals surface area contributed by atoms with Crippen LogP contribution in [0, 0.1) is 6.92 Å². The molecule has 0 amide bonds. The van der Waals surface area contributed by atoms with Crippen LogP contribution in [0.5, 0.6) is 0 Å². The number of ketones is 1. The zero-order valence-electron chi connectivity index (χ0n) is 9.38. The van der Waals surface area contributed by atoms with Crippen LogP contribution in [0.25, 0.3) is 0 Å². The summed E-state index contributed by atoms with van der Waals surface area (Å²) in [5.74, 6) is -0.361. The van der Waals surface area contributed by atoms with Gasteiger partial charge in [-0.15, -0.1) is 0 Å². The summed E-state index contributed by atoms with van der Waals surface area (Å²) in [6, 6.07) is 7.26. The first-order valence-corrected chi connectivity index (χ1v) is 5.08. The Kier molecular flexibility index (Phi) is 4.69. The number of ether oxygens (including phenoxy) is 1. The van der Waals surface area contributed by atoms with Crippen molar-refractivity contribution in [2.45, 2.75) is 19.5 Å². The number of hydrogen-bond donors (Lipinski definition) is 0. The Hall–Kier alpha value is -1.36. The average molecular weight is 246 g/mol. The van der Waals surface area contributed by atoms with Gasteiger partial charge in [0.1, 0.15) is 13.2 Å². The van der Waals surface area contributed by atoms with E-state index in [0.29, 0.717) is 0 Å². The number of aryl methyl sites for hydroxylation is 1. The van der Waals surface area contributed by atoms with Crippen molar-refractivity contribution in [2.24, 2.45) is 0 Å². The second-order valence-corrected chi connectivity index (χ2v) is 3.81. The van der Waals surface area contributed by atoms with Gasteiger partial charge >= 0.3 is 6.18 Å². The van der Waals surface area contributed by atoms with E-state index >= 15 is 0 Å². The van der Waals surface area contributed by atoms with E-state index < -0.39 is 19.4 Å². The van der Waals surface area contributed by atoms with Crippen molar-refractivity contribution in [1.82, 2.24) is 0 Å². The Labute approximate surface area is 97.4 Å². The molecule has 0 aliphatic heterocycles. The highest BCUT2D eigenvalue weighted by Gasteiger charge is 2.27. The third-order valence-corrected chi connectivity index (χ3v) is 2.01. The molecule has 0 atom stereocenters. The molecular weight excluding hydrogens is 233 g/mol. The zero-order chi connectivity index (χ0) is 12.9. The molecule has 0 saturated carbocycles. The molecule has 0 aliphatic carbocycles. The molecule has 5 heteroatoms. The molecule has 0 spiro atoms. The maximum absolute atomic E-state index is 11.7. The number of benzene rings is 1. The highest BCUT2D eigenvalue weighted by molar-refractivity contribution is 5.82. The highest BCUT2D eigenvalue weighted by atomic mass is 19.4. The lowest BCUT2D eigenvalue weighted by Crippen LogP contribution is -2.21. The van der Waals surface area contributed by atoms with Crippen LogP contribution in [0.1, 0.15) is 11.1 Å². The van der Waals surface area contributed by atoms with E-state index in [1.807, 2.05) is 19.1 Å². The summed E-state index contributed by atoms with van der Waals surface area (Å²) >= 11 is 0. The maximum atomic E-state index is 11.7. The van der Waals surface area contributed by atoms with E-state index in [0.717, 1.165) is 11.1 Å². The smallest absolute Gasteiger partial charge is 0.364 e. The Morgan fingerprint density at radius 2 is 2.06 bits per heavy atom. The number of halogens is 3. The van der Waals surface area contributed by atoms with E-state index in [2.05, 4.69) is 4.74 Å². The molecule has 0 aromatic heterocycles. The second-order valence-electron chi connectivity index (χ2n) is 3.81. The molecule has 0 saturated heterocycles. The zero-order valence-corrected chi connectivity index (χ0v) is 9.38. The predicted octanol–water partition coefficient (Wildman–Crippen LogP) is 2.69. The molecule has 0 radical (unpaired) electrons. The lowest BCUT2D eigenvalue weighted by Gasteiger charge is -2.07. The summed E-state index contributed by atoms with van der Waals surface area (Å²) in [6.45, 7) is -0.00582. The third kappa shape index (κ3) is 6.06. The number of carbonyl (C=O) groups is 1. The lowest BCUT2D eigenvalue weighted by atomic mass is 10.1. The van der Waals surface area contributed by atoms with Crippen LogP contribution in [0.3, 0.4) is 0 Å². The van der Waals surface area contributed by atoms with Gasteiger partial charge in [0.15, 0.2) is 5.78 Å². The first-order valence-electron chi connectivity index (χ1n) is 5.08. The molecular formula is C12H13F3O2. The number of Topliss-reactive ketones (excluding diaryl/α,β-unsaturated/α-hetero) is 1. The Morgan fingerprint density at radius 3 is 2.65 bits per heavy atom. The van der Waals surface area contributed by atoms with Crippen LogP contribution in [0.4, 0.5) is 13.2 Å². The fourth-order valence-electron chi connectivity index (χ4n) is 1.38. The standard InChI is InChI=1S/C12H13F3O2/c1-9-3-2-4-10(5-9)6-11(16)7-17-8-12(13,14)15/h2-5H,6-8H2,1H3. The van der Waals surface area contributed by atoms with Crippen LogP contribution in [0.2, 0.25) is 0 Å². The van der Waals surface area contributed by atoms with Gasteiger partial charge in [0.2, 0.25) is 0 Å². The summed E-state index contributed by atoms with van der Waals surface area (Å²) < 4.78 is 39.5. The molecule has 1 aromatic rings. The van der Waals surface area contributed by atoms with Crippen LogP contribution in [-0.4, -0.2) is 25.2 Å². The molecule has 0 aliphatic rings. The van der Waals surface area contributed by atoms with Gasteiger partial charge in [-0.2, -0.15) is 13.2 Å². The number of hydrogen-bond acceptors (Lipinski definition) is 2. The van der Waals surface area contributed by atoms with Crippen LogP contribution in [-0.2, 0) is 16.0 Å². The molecule has 2 nitrogen and oxygen atoms in total. The van der Waals surface area contributed by atoms with E-state index in [9.17, 15) is 18.0 Å². The van der Waals surface area contributed by atoms with Gasteiger partial charge in [0, 0.05) is 6.42 Å². The van der Waals surface area contributed by atoms with E-state index in [1.165, 1.54) is 0 Å². The largest absolute Gasteiger partial charge is 0.411 e. The van der Waals surface area contributed by atoms with Crippen molar-refractivity contribution in [3.63, 3.8) is 0 Å². The van der Waals surface area contributed by atoms with Gasteiger partial charge in [-0.1, -0.05) is 29.8 Å². The average Bonchev–Trinajstić information content (AvgIpc) is 2.15. The number of rotatable bonds is 5. The van der Waals surface area contributed by atoms with Crippen molar-refractivity contribution in [3.05, 3.63) is 35.4 Å². The van der Waals surface area contributed by atoms with Crippen molar-refractivity contribution in [1.29, 1.82) is 0 Å². The Balaban J connectivity index is 2.35. The Bertz CT molecular complexity index is 386. The molecule has 0 N–H and O–H groups in total. The SMILES string of the molecule is Cc1cccc(CC(=O)COCC(F)(F)F)c1. The highest BCUT2D eigenvalue weighted by Crippen LogP contribution is 2.14. The van der Waals surface area contributed by atoms with E-state index in [1.54, 1.807) is 12.1 Å². The lowest BCUT2D eigenvalue weighted by molar-refractivity contribution is -0.175. The maximum Gasteiger partial charge on any atom is 0.411 e. The molecule has 0 unspecified atom stereocenters. The normalized spacial score (nSPS) is 11.5. The molecule has 0 heterocycles. The molecule has 0 fully saturated rings. The van der Waals surface area contributed by atoms with Gasteiger partial charge in [0.05, 0.1) is 0 Å². The predicted molar refractivity (Wildman–Crippen MR) is 56.8 cm³/mol. The number of alkyl halides is 3. The van der Waals surface area contributed by atoms with Gasteiger partial charge in [0.25, 0.3) is 0 Å². The van der Waals surface area contributed by atoms with E-state index in [4.69, 9.17) is 0 Å². The van der Waals surface area contributed by atoms with Gasteiger partial charge in [-0.3, -0.25) is 4.79 Å². The topological polar surface area (TPSA) is 26.3 Å². The van der Waals surface area contributed by atoms with Gasteiger partial charge in [-0.05, 0) is 12.5 Å². The first kappa shape index (κ1) is 13.7. The third-order valence-electron chi connectivity index (χ3n) is 2.01. The quantitative estimate of drug-likeness (QED) is 0.798. The van der Waals surface area contributed by atoms with Crippen LogP contribution >= 0.6 is 0 Å². The monoisotopic (exact) mass is 246 g/mol. The summed E-state index contributed by atoms with van der Waals surface area (Å²) in [5.41, 5.74) is 1.79. The minimum absolute atomic E-state index is 0.0968. The summed E-state index contributed by atoms with van der Waals surface area (Å²) in [7, 11) is 0. The minimum atomic E-state index is -4.39. The van der Waals surface area contributed by atoms with Gasteiger partial charge < -0.3 is 4.74 Å². The van der Waals surface area contributed by atoms with Crippen LogP contribution < -0.4 is 0 Å². The van der Waals surface area contributed by atoms with Gasteiger partial charge in [-0.25, -0.2) is 0 Å². The fraction of sp³-hybridized carbons (Fsp3) is 0.417. The molecule has 1 aromatic carbocycles. The summed E-state index contributed by atoms with van der Waals surface area (Å²) in [6.07, 6.45) is -4.29. The Morgan fingerprint density at radius 1 is 1.35 bits per heavy atom. The van der Waals surface area contributed by atoms with E-state index in [-0.39, 0.29) is 12.2 Å². The molecule has 17 heavy (non-hydrogen) atoms.